The third-order valence-electron chi connectivity index (χ3n) is 4.03. The maximum absolute atomic E-state index is 12.5. The van der Waals surface area contributed by atoms with Gasteiger partial charge < -0.3 is 5.32 Å². The molecule has 3 rings (SSSR count). The molecule has 0 heterocycles. The Morgan fingerprint density at radius 1 is 1.08 bits per heavy atom. The van der Waals surface area contributed by atoms with Gasteiger partial charge in [-0.15, -0.1) is 0 Å². The molecule has 0 spiro atoms. The fraction of sp³-hybridized carbons (Fsp3) is 0.105. The summed E-state index contributed by atoms with van der Waals surface area (Å²) in [5.74, 6) is -0.450. The molecule has 0 saturated carbocycles. The second-order valence-corrected chi connectivity index (χ2v) is 6.13. The van der Waals surface area contributed by atoms with E-state index in [4.69, 9.17) is 11.6 Å². The largest absolute Gasteiger partial charge is 0.345 e. The minimum absolute atomic E-state index is 0.0866. The molecule has 3 aromatic rings. The maximum atomic E-state index is 12.5. The second kappa shape index (κ2) is 6.91. The van der Waals surface area contributed by atoms with Gasteiger partial charge in [0.2, 0.25) is 0 Å². The maximum Gasteiger partial charge on any atom is 0.270 e. The van der Waals surface area contributed by atoms with Gasteiger partial charge in [0, 0.05) is 12.1 Å². The van der Waals surface area contributed by atoms with Gasteiger partial charge in [-0.25, -0.2) is 0 Å². The van der Waals surface area contributed by atoms with Gasteiger partial charge in [-0.05, 0) is 35.4 Å². The Morgan fingerprint density at radius 2 is 1.80 bits per heavy atom. The molecule has 0 aliphatic rings. The molecule has 1 unspecified atom stereocenters. The average Bonchev–Trinajstić information content (AvgIpc) is 2.61. The van der Waals surface area contributed by atoms with E-state index in [9.17, 15) is 14.9 Å². The summed E-state index contributed by atoms with van der Waals surface area (Å²) in [5, 5.41) is 16.1. The van der Waals surface area contributed by atoms with E-state index in [1.807, 2.05) is 49.4 Å². The van der Waals surface area contributed by atoms with E-state index in [0.29, 0.717) is 0 Å². The SMILES string of the molecule is CC(NC(=O)c1cc([N+](=O)[O-])ccc1Cl)c1ccc2ccccc2c1. The van der Waals surface area contributed by atoms with Crippen LogP contribution in [0.15, 0.2) is 60.7 Å². The predicted molar refractivity (Wildman–Crippen MR) is 97.9 cm³/mol. The molecule has 0 bridgehead atoms. The van der Waals surface area contributed by atoms with Crippen LogP contribution in [-0.4, -0.2) is 10.8 Å². The third kappa shape index (κ3) is 3.61. The molecular formula is C19H15ClN2O3. The normalized spacial score (nSPS) is 11.9. The number of nitrogens with one attached hydrogen (secondary N) is 1. The first kappa shape index (κ1) is 16.9. The predicted octanol–water partition coefficient (Wildman–Crippen LogP) is 4.89. The topological polar surface area (TPSA) is 72.2 Å². The number of amides is 1. The lowest BCUT2D eigenvalue weighted by atomic mass is 10.0. The van der Waals surface area contributed by atoms with Crippen LogP contribution in [0.3, 0.4) is 0 Å². The van der Waals surface area contributed by atoms with Crippen LogP contribution in [0.1, 0.15) is 28.9 Å². The highest BCUT2D eigenvalue weighted by molar-refractivity contribution is 6.34. The Kier molecular flexibility index (Phi) is 4.67. The first-order valence-electron chi connectivity index (χ1n) is 7.69. The van der Waals surface area contributed by atoms with Gasteiger partial charge in [0.15, 0.2) is 0 Å². The van der Waals surface area contributed by atoms with Crippen LogP contribution in [-0.2, 0) is 0 Å². The number of carbonyl (C=O) groups excluding carboxylic acids is 1. The van der Waals surface area contributed by atoms with Crippen LogP contribution < -0.4 is 5.32 Å². The smallest absolute Gasteiger partial charge is 0.270 e. The van der Waals surface area contributed by atoms with Crippen LogP contribution in [0.2, 0.25) is 5.02 Å². The summed E-state index contributed by atoms with van der Waals surface area (Å²) in [4.78, 5) is 22.8. The Bertz CT molecular complexity index is 972. The molecular weight excluding hydrogens is 340 g/mol. The fourth-order valence-corrected chi connectivity index (χ4v) is 2.84. The molecule has 0 aromatic heterocycles. The Hall–Kier alpha value is -2.92. The Labute approximate surface area is 149 Å². The summed E-state index contributed by atoms with van der Waals surface area (Å²) in [6.45, 7) is 1.85. The lowest BCUT2D eigenvalue weighted by Crippen LogP contribution is -2.27. The molecule has 126 valence electrons. The molecule has 1 N–H and O–H groups in total. The lowest BCUT2D eigenvalue weighted by molar-refractivity contribution is -0.384. The highest BCUT2D eigenvalue weighted by Crippen LogP contribution is 2.24. The van der Waals surface area contributed by atoms with E-state index < -0.39 is 10.8 Å². The molecule has 0 fully saturated rings. The molecule has 0 radical (unpaired) electrons. The van der Waals surface area contributed by atoms with E-state index in [1.54, 1.807) is 0 Å². The number of halogens is 1. The summed E-state index contributed by atoms with van der Waals surface area (Å²) in [5.41, 5.74) is 0.852. The molecule has 0 aliphatic heterocycles. The number of benzene rings is 3. The number of carbonyl (C=O) groups is 1. The van der Waals surface area contributed by atoms with Crippen molar-refractivity contribution in [1.82, 2.24) is 5.32 Å². The monoisotopic (exact) mass is 354 g/mol. The highest BCUT2D eigenvalue weighted by Gasteiger charge is 2.18. The van der Waals surface area contributed by atoms with Gasteiger partial charge in [0.1, 0.15) is 0 Å². The molecule has 25 heavy (non-hydrogen) atoms. The number of nitrogens with zero attached hydrogens (tertiary/aromatic N) is 1. The minimum Gasteiger partial charge on any atom is -0.345 e. The minimum atomic E-state index is -0.556. The van der Waals surface area contributed by atoms with Crippen molar-refractivity contribution < 1.29 is 9.72 Å². The molecule has 3 aromatic carbocycles. The van der Waals surface area contributed by atoms with E-state index >= 15 is 0 Å². The standard InChI is InChI=1S/C19H15ClN2O3/c1-12(14-7-6-13-4-2-3-5-15(13)10-14)21-19(23)17-11-16(22(24)25)8-9-18(17)20/h2-12H,1H3,(H,21,23). The van der Waals surface area contributed by atoms with Crippen molar-refractivity contribution in [3.05, 3.63) is 86.9 Å². The van der Waals surface area contributed by atoms with Gasteiger partial charge >= 0.3 is 0 Å². The van der Waals surface area contributed by atoms with E-state index in [1.165, 1.54) is 18.2 Å². The Morgan fingerprint density at radius 3 is 2.52 bits per heavy atom. The number of non-ortho nitro benzene ring substituents is 1. The fourth-order valence-electron chi connectivity index (χ4n) is 2.64. The molecule has 0 aliphatic carbocycles. The van der Waals surface area contributed by atoms with Gasteiger partial charge in [-0.2, -0.15) is 0 Å². The van der Waals surface area contributed by atoms with Crippen LogP contribution >= 0.6 is 11.6 Å². The van der Waals surface area contributed by atoms with Gasteiger partial charge in [-0.3, -0.25) is 14.9 Å². The van der Waals surface area contributed by atoms with E-state index in [2.05, 4.69) is 5.32 Å². The number of nitro groups is 1. The van der Waals surface area contributed by atoms with Crippen molar-refractivity contribution in [3.63, 3.8) is 0 Å². The van der Waals surface area contributed by atoms with Gasteiger partial charge in [0.05, 0.1) is 21.6 Å². The zero-order valence-corrected chi connectivity index (χ0v) is 14.2. The van der Waals surface area contributed by atoms with Crippen molar-refractivity contribution in [2.75, 3.05) is 0 Å². The van der Waals surface area contributed by atoms with Crippen molar-refractivity contribution in [2.24, 2.45) is 0 Å². The molecule has 6 heteroatoms. The number of rotatable bonds is 4. The molecule has 1 amide bonds. The summed E-state index contributed by atoms with van der Waals surface area (Å²) in [6.07, 6.45) is 0. The summed E-state index contributed by atoms with van der Waals surface area (Å²) in [6, 6.07) is 17.4. The van der Waals surface area contributed by atoms with Crippen LogP contribution in [0.25, 0.3) is 10.8 Å². The number of fused-ring (bicyclic) bond motifs is 1. The summed E-state index contributed by atoms with van der Waals surface area (Å²) >= 11 is 6.02. The molecule has 1 atom stereocenters. The van der Waals surface area contributed by atoms with Crippen molar-refractivity contribution in [1.29, 1.82) is 0 Å². The Balaban J connectivity index is 1.84. The van der Waals surface area contributed by atoms with Crippen LogP contribution in [0, 0.1) is 10.1 Å². The average molecular weight is 355 g/mol. The van der Waals surface area contributed by atoms with Crippen molar-refractivity contribution in [2.45, 2.75) is 13.0 Å². The lowest BCUT2D eigenvalue weighted by Gasteiger charge is -2.15. The molecule has 0 saturated heterocycles. The van der Waals surface area contributed by atoms with Crippen molar-refractivity contribution >= 4 is 34.0 Å². The number of hydrogen-bond acceptors (Lipinski definition) is 3. The zero-order chi connectivity index (χ0) is 18.0. The van der Waals surface area contributed by atoms with Crippen LogP contribution in [0.5, 0.6) is 0 Å². The number of hydrogen-bond donors (Lipinski definition) is 1. The second-order valence-electron chi connectivity index (χ2n) is 5.72. The van der Waals surface area contributed by atoms with E-state index in [0.717, 1.165) is 16.3 Å². The zero-order valence-electron chi connectivity index (χ0n) is 13.4. The van der Waals surface area contributed by atoms with Crippen LogP contribution in [0.4, 0.5) is 5.69 Å². The highest BCUT2D eigenvalue weighted by atomic mass is 35.5. The van der Waals surface area contributed by atoms with Gasteiger partial charge in [0.25, 0.3) is 11.6 Å². The quantitative estimate of drug-likeness (QED) is 0.535. The first-order chi connectivity index (χ1) is 12.0. The first-order valence-corrected chi connectivity index (χ1v) is 8.07. The summed E-state index contributed by atoms with van der Waals surface area (Å²) in [7, 11) is 0. The van der Waals surface area contributed by atoms with Crippen molar-refractivity contribution in [3.8, 4) is 0 Å². The third-order valence-corrected chi connectivity index (χ3v) is 4.36. The summed E-state index contributed by atoms with van der Waals surface area (Å²) < 4.78 is 0. The number of nitro benzene ring substituents is 1. The van der Waals surface area contributed by atoms with E-state index in [-0.39, 0.29) is 22.3 Å². The molecule has 5 nitrogen and oxygen atoms in total. The van der Waals surface area contributed by atoms with Gasteiger partial charge in [-0.1, -0.05) is 48.0 Å².